The highest BCUT2D eigenvalue weighted by molar-refractivity contribution is 6.30. The minimum Gasteiger partial charge on any atom is -0.349 e. The summed E-state index contributed by atoms with van der Waals surface area (Å²) in [5, 5.41) is 9.27. The zero-order valence-corrected chi connectivity index (χ0v) is 17.8. The highest BCUT2D eigenvalue weighted by atomic mass is 35.5. The molecule has 1 saturated heterocycles. The molecule has 1 aliphatic carbocycles. The van der Waals surface area contributed by atoms with Crippen LogP contribution in [0.4, 0.5) is 16.2 Å². The van der Waals surface area contributed by atoms with Crippen LogP contribution in [0.2, 0.25) is 5.02 Å². The lowest BCUT2D eigenvalue weighted by atomic mass is 9.85. The summed E-state index contributed by atoms with van der Waals surface area (Å²) in [7, 11) is 0. The molecule has 2 aromatic carbocycles. The number of rotatable bonds is 4. The van der Waals surface area contributed by atoms with Gasteiger partial charge in [0.05, 0.1) is 12.5 Å². The van der Waals surface area contributed by atoms with Crippen LogP contribution >= 0.6 is 11.6 Å². The summed E-state index contributed by atoms with van der Waals surface area (Å²) in [5.41, 5.74) is 1.23. The van der Waals surface area contributed by atoms with Gasteiger partial charge in [-0.1, -0.05) is 42.6 Å². The maximum atomic E-state index is 13.2. The van der Waals surface area contributed by atoms with E-state index in [9.17, 15) is 14.4 Å². The number of carbonyl (C=O) groups is 3. The average molecular weight is 441 g/mol. The number of hydrogen-bond donors (Lipinski definition) is 3. The number of fused-ring (bicyclic) bond motifs is 1. The Kier molecular flexibility index (Phi) is 6.42. The Balaban J connectivity index is 1.53. The Morgan fingerprint density at radius 1 is 0.968 bits per heavy atom. The first-order valence-electron chi connectivity index (χ1n) is 10.5. The summed E-state index contributed by atoms with van der Waals surface area (Å²) in [6.45, 7) is 0. The van der Waals surface area contributed by atoms with Crippen molar-refractivity contribution in [3.05, 3.63) is 59.6 Å². The molecular formula is C23H25ClN4O3. The van der Waals surface area contributed by atoms with Gasteiger partial charge in [-0.2, -0.15) is 0 Å². The van der Waals surface area contributed by atoms with E-state index in [2.05, 4.69) is 16.0 Å². The monoisotopic (exact) mass is 440 g/mol. The molecule has 2 aromatic rings. The third-order valence-corrected chi connectivity index (χ3v) is 6.07. The van der Waals surface area contributed by atoms with Crippen molar-refractivity contribution in [3.8, 4) is 0 Å². The van der Waals surface area contributed by atoms with Gasteiger partial charge in [0, 0.05) is 22.4 Å². The number of piperazine rings is 1. The van der Waals surface area contributed by atoms with Crippen molar-refractivity contribution < 1.29 is 14.4 Å². The Morgan fingerprint density at radius 2 is 1.65 bits per heavy atom. The first-order valence-corrected chi connectivity index (χ1v) is 10.9. The molecule has 3 atom stereocenters. The highest BCUT2D eigenvalue weighted by Crippen LogP contribution is 2.30. The predicted molar refractivity (Wildman–Crippen MR) is 120 cm³/mol. The molecule has 0 bridgehead atoms. The molecule has 31 heavy (non-hydrogen) atoms. The summed E-state index contributed by atoms with van der Waals surface area (Å²) >= 11 is 5.89. The fourth-order valence-corrected chi connectivity index (χ4v) is 4.49. The van der Waals surface area contributed by atoms with Crippen LogP contribution in [-0.4, -0.2) is 40.9 Å². The van der Waals surface area contributed by atoms with E-state index >= 15 is 0 Å². The van der Waals surface area contributed by atoms with Crippen LogP contribution < -0.4 is 16.0 Å². The molecule has 0 spiro atoms. The lowest BCUT2D eigenvalue weighted by molar-refractivity contribution is -0.135. The van der Waals surface area contributed by atoms with Crippen LogP contribution in [0.3, 0.4) is 0 Å². The van der Waals surface area contributed by atoms with E-state index < -0.39 is 6.04 Å². The fourth-order valence-electron chi connectivity index (χ4n) is 4.36. The number of benzene rings is 2. The molecule has 0 radical (unpaired) electrons. The van der Waals surface area contributed by atoms with Crippen LogP contribution in [0.15, 0.2) is 54.6 Å². The van der Waals surface area contributed by atoms with Crippen molar-refractivity contribution in [2.24, 2.45) is 0 Å². The Bertz CT molecular complexity index is 951. The lowest BCUT2D eigenvalue weighted by Gasteiger charge is -2.47. The maximum absolute atomic E-state index is 13.2. The van der Waals surface area contributed by atoms with Crippen LogP contribution in [0.25, 0.3) is 0 Å². The quantitative estimate of drug-likeness (QED) is 0.670. The van der Waals surface area contributed by atoms with Crippen molar-refractivity contribution in [1.82, 2.24) is 10.2 Å². The molecule has 3 N–H and O–H groups in total. The predicted octanol–water partition coefficient (Wildman–Crippen LogP) is 4.01. The van der Waals surface area contributed by atoms with Gasteiger partial charge < -0.3 is 20.9 Å². The summed E-state index contributed by atoms with van der Waals surface area (Å²) in [5.74, 6) is -0.633. The Hall–Kier alpha value is -3.06. The van der Waals surface area contributed by atoms with Gasteiger partial charge in [-0.25, -0.2) is 4.79 Å². The van der Waals surface area contributed by atoms with E-state index in [1.54, 1.807) is 41.3 Å². The lowest BCUT2D eigenvalue weighted by Crippen LogP contribution is -2.68. The number of amides is 4. The first kappa shape index (κ1) is 21.2. The number of para-hydroxylation sites is 1. The van der Waals surface area contributed by atoms with Gasteiger partial charge in [-0.3, -0.25) is 9.59 Å². The smallest absolute Gasteiger partial charge is 0.322 e. The van der Waals surface area contributed by atoms with E-state index in [4.69, 9.17) is 11.6 Å². The Morgan fingerprint density at radius 3 is 2.39 bits per heavy atom. The zero-order chi connectivity index (χ0) is 21.8. The number of anilines is 2. The van der Waals surface area contributed by atoms with Crippen molar-refractivity contribution in [3.63, 3.8) is 0 Å². The molecule has 1 saturated carbocycles. The fraction of sp³-hybridized carbons (Fsp3) is 0.348. The summed E-state index contributed by atoms with van der Waals surface area (Å²) in [6.07, 6.45) is 3.49. The third kappa shape index (κ3) is 4.99. The van der Waals surface area contributed by atoms with E-state index in [1.165, 1.54) is 0 Å². The second-order valence-electron chi connectivity index (χ2n) is 7.95. The van der Waals surface area contributed by atoms with Gasteiger partial charge in [-0.15, -0.1) is 0 Å². The molecule has 0 aromatic heterocycles. The molecule has 4 rings (SSSR count). The summed E-state index contributed by atoms with van der Waals surface area (Å²) in [4.78, 5) is 40.5. The second-order valence-corrected chi connectivity index (χ2v) is 8.38. The average Bonchev–Trinajstić information content (AvgIpc) is 2.76. The number of urea groups is 1. The minimum absolute atomic E-state index is 0.0849. The van der Waals surface area contributed by atoms with Crippen LogP contribution in [0.5, 0.6) is 0 Å². The first-order chi connectivity index (χ1) is 15.0. The topological polar surface area (TPSA) is 90.5 Å². The molecule has 2 fully saturated rings. The minimum atomic E-state index is -0.879. The van der Waals surface area contributed by atoms with Gasteiger partial charge in [0.1, 0.15) is 6.04 Å². The molecule has 0 unspecified atom stereocenters. The molecule has 1 aliphatic heterocycles. The molecule has 1 heterocycles. The summed E-state index contributed by atoms with van der Waals surface area (Å²) in [6, 6.07) is 14.4. The van der Waals surface area contributed by atoms with Crippen LogP contribution in [-0.2, 0) is 9.59 Å². The van der Waals surface area contributed by atoms with Crippen LogP contribution in [0.1, 0.15) is 32.1 Å². The van der Waals surface area contributed by atoms with Crippen molar-refractivity contribution in [2.75, 3.05) is 10.6 Å². The second kappa shape index (κ2) is 9.39. The van der Waals surface area contributed by atoms with Gasteiger partial charge >= 0.3 is 6.03 Å². The van der Waals surface area contributed by atoms with E-state index in [-0.39, 0.29) is 36.3 Å². The number of nitrogens with zero attached hydrogens (tertiary/aromatic N) is 1. The van der Waals surface area contributed by atoms with Gasteiger partial charge in [0.2, 0.25) is 11.8 Å². The zero-order valence-electron chi connectivity index (χ0n) is 17.0. The molecule has 4 amide bonds. The van der Waals surface area contributed by atoms with E-state index in [0.717, 1.165) is 25.7 Å². The van der Waals surface area contributed by atoms with E-state index in [0.29, 0.717) is 16.4 Å². The number of halogens is 1. The van der Waals surface area contributed by atoms with Gasteiger partial charge in [0.15, 0.2) is 0 Å². The normalized spacial score (nSPS) is 22.8. The Labute approximate surface area is 186 Å². The maximum Gasteiger partial charge on any atom is 0.322 e. The third-order valence-electron chi connectivity index (χ3n) is 5.82. The molecular weight excluding hydrogens is 416 g/mol. The van der Waals surface area contributed by atoms with Gasteiger partial charge in [-0.05, 0) is 49.2 Å². The SMILES string of the molecule is O=C(C[C@@H]1C(=O)N[C@H]2CCCC[C@H]2N1C(=O)Nc1ccccc1)Nc1ccc(Cl)cc1. The molecule has 7 nitrogen and oxygen atoms in total. The molecule has 8 heteroatoms. The van der Waals surface area contributed by atoms with Crippen molar-refractivity contribution >= 4 is 40.8 Å². The summed E-state index contributed by atoms with van der Waals surface area (Å²) < 4.78 is 0. The van der Waals surface area contributed by atoms with E-state index in [1.807, 2.05) is 18.2 Å². The van der Waals surface area contributed by atoms with Crippen molar-refractivity contribution in [1.29, 1.82) is 0 Å². The van der Waals surface area contributed by atoms with Gasteiger partial charge in [0.25, 0.3) is 0 Å². The number of carbonyl (C=O) groups excluding carboxylic acids is 3. The number of nitrogens with one attached hydrogen (secondary N) is 3. The van der Waals surface area contributed by atoms with Crippen molar-refractivity contribution in [2.45, 2.75) is 50.2 Å². The molecule has 162 valence electrons. The number of hydrogen-bond acceptors (Lipinski definition) is 3. The van der Waals surface area contributed by atoms with Crippen LogP contribution in [0, 0.1) is 0 Å². The largest absolute Gasteiger partial charge is 0.349 e. The highest BCUT2D eigenvalue weighted by Gasteiger charge is 2.46. The standard InChI is InChI=1S/C23H25ClN4O3/c24-15-10-12-17(13-11-15)25-21(29)14-20-22(30)27-18-8-4-5-9-19(18)28(20)23(31)26-16-6-2-1-3-7-16/h1-3,6-7,10-13,18-20H,4-5,8-9,14H2,(H,25,29)(H,26,31)(H,27,30)/t18-,19+,20+/m0/s1. The molecule has 2 aliphatic rings.